The minimum atomic E-state index is -0.472. The van der Waals surface area contributed by atoms with Crippen molar-refractivity contribution in [2.24, 2.45) is 0 Å². The third-order valence-corrected chi connectivity index (χ3v) is 0. The maximum atomic E-state index is 8.82. The van der Waals surface area contributed by atoms with Gasteiger partial charge in [0.05, 0.1) is 0 Å². The van der Waals surface area contributed by atoms with E-state index in [1.54, 1.807) is 0 Å². The average molecular weight is 70.3 g/mol. The number of hydrogen-bond donors (Lipinski definition) is 0. The van der Waals surface area contributed by atoms with Crippen molar-refractivity contribution in [3.63, 3.8) is 0 Å². The first kappa shape index (κ1) is 4.17. The van der Waals surface area contributed by atoms with Crippen molar-refractivity contribution in [2.45, 2.75) is 0 Å². The van der Waals surface area contributed by atoms with Crippen molar-refractivity contribution in [3.05, 3.63) is 10.1 Å². The van der Waals surface area contributed by atoms with Crippen LogP contribution in [-0.4, -0.2) is 25.2 Å². The van der Waals surface area contributed by atoms with Crippen molar-refractivity contribution < 1.29 is 3.25 Å². The molecule has 0 rings (SSSR count). The van der Waals surface area contributed by atoms with Crippen LogP contribution in [-0.2, 0) is 0 Å². The zero-order valence-corrected chi connectivity index (χ0v) is 3.39. The first-order chi connectivity index (χ1) is 1.73. The van der Waals surface area contributed by atoms with E-state index in [0.29, 0.717) is 0 Å². The standard InChI is InChI=1S/Mg.NO2/c;2-1-3. The highest BCUT2D eigenvalue weighted by atomic mass is 24.4. The van der Waals surface area contributed by atoms with Crippen LogP contribution in [0.25, 0.3) is 0 Å². The van der Waals surface area contributed by atoms with E-state index in [1.807, 2.05) is 0 Å². The molecule has 0 amide bonds. The van der Waals surface area contributed by atoms with E-state index in [9.17, 15) is 0 Å². The monoisotopic (exact) mass is 70.0 g/mol. The predicted octanol–water partition coefficient (Wildman–Crippen LogP) is -0.653. The molecule has 0 unspecified atom stereocenters. The minimum Gasteiger partial charge on any atom is -0.340 e. The normalized spacial score (nSPS) is 5.75. The van der Waals surface area contributed by atoms with Crippen LogP contribution in [0.3, 0.4) is 0 Å². The molecule has 0 aromatic carbocycles. The summed E-state index contributed by atoms with van der Waals surface area (Å²) < 4.78 is -0.472. The molecule has 0 aliphatic rings. The van der Waals surface area contributed by atoms with Crippen molar-refractivity contribution in [1.82, 2.24) is 0 Å². The topological polar surface area (TPSA) is 43.1 Å². The summed E-state index contributed by atoms with van der Waals surface area (Å²) in [7, 11) is 0. The zero-order valence-electron chi connectivity index (χ0n) is 1.97. The van der Waals surface area contributed by atoms with E-state index < -0.39 is 3.25 Å². The van der Waals surface area contributed by atoms with Gasteiger partial charge in [-0.25, -0.2) is 3.25 Å². The summed E-state index contributed by atoms with van der Waals surface area (Å²) in [6, 6.07) is 0. The molecule has 3 nitrogen and oxygen atoms in total. The molecule has 0 saturated heterocycles. The van der Waals surface area contributed by atoms with Gasteiger partial charge in [0.1, 0.15) is 0 Å². The van der Waals surface area contributed by atoms with Gasteiger partial charge in [-0.1, -0.05) is 0 Å². The number of nitro groups is 1. The maximum absolute atomic E-state index is 8.82. The van der Waals surface area contributed by atoms with E-state index in [2.05, 4.69) is 0 Å². The Bertz CT molecular complexity index is 29.0. The lowest BCUT2D eigenvalue weighted by atomic mass is 13.3. The van der Waals surface area contributed by atoms with Crippen molar-refractivity contribution in [3.8, 4) is 0 Å². The molecule has 0 fully saturated rings. The summed E-state index contributed by atoms with van der Waals surface area (Å²) in [6.07, 6.45) is 0. The fourth-order valence-corrected chi connectivity index (χ4v) is 0. The molecule has 4 heavy (non-hydrogen) atoms. The Morgan fingerprint density at radius 3 is 2.00 bits per heavy atom. The minimum absolute atomic E-state index is 0.472. The van der Waals surface area contributed by atoms with Crippen molar-refractivity contribution in [1.29, 1.82) is 0 Å². The highest BCUT2D eigenvalue weighted by Crippen LogP contribution is 1.36. The molecular formula is MgNO2. The van der Waals surface area contributed by atoms with E-state index in [-0.39, 0.29) is 0 Å². The van der Waals surface area contributed by atoms with Gasteiger partial charge in [0.15, 0.2) is 0 Å². The molecule has 0 heterocycles. The van der Waals surface area contributed by atoms with Gasteiger partial charge in [0, 0.05) is 0 Å². The van der Waals surface area contributed by atoms with Gasteiger partial charge in [0.25, 0.3) is 0 Å². The second-order valence-corrected chi connectivity index (χ2v) is 0.849. The van der Waals surface area contributed by atoms with Crippen LogP contribution in [0.5, 0.6) is 0 Å². The summed E-state index contributed by atoms with van der Waals surface area (Å²) >= 11 is 0.725. The van der Waals surface area contributed by atoms with Crippen LogP contribution >= 0.6 is 0 Å². The number of hydrogen-bond acceptors (Lipinski definition) is 2. The third-order valence-electron chi connectivity index (χ3n) is 0. The van der Waals surface area contributed by atoms with Gasteiger partial charge in [0.2, 0.25) is 0 Å². The summed E-state index contributed by atoms with van der Waals surface area (Å²) in [6.45, 7) is 0. The lowest BCUT2D eigenvalue weighted by Gasteiger charge is -1.70. The zero-order chi connectivity index (χ0) is 3.58. The first-order valence-corrected chi connectivity index (χ1v) is 1.31. The van der Waals surface area contributed by atoms with Gasteiger partial charge in [-0.05, 0) is 0 Å². The second kappa shape index (κ2) is 1.48. The Labute approximate surface area is 35.9 Å². The van der Waals surface area contributed by atoms with Crippen LogP contribution in [0, 0.1) is 10.1 Å². The summed E-state index contributed by atoms with van der Waals surface area (Å²) in [5.74, 6) is 0. The molecule has 0 N–H and O–H groups in total. The Morgan fingerprint density at radius 1 is 2.00 bits per heavy atom. The number of rotatable bonds is 0. The fourth-order valence-electron chi connectivity index (χ4n) is 0. The largest absolute Gasteiger partial charge is 0.897 e. The maximum Gasteiger partial charge on any atom is 0.897 e. The van der Waals surface area contributed by atoms with E-state index in [1.165, 1.54) is 0 Å². The smallest absolute Gasteiger partial charge is 0.340 e. The molecule has 0 aliphatic heterocycles. The van der Waals surface area contributed by atoms with Gasteiger partial charge < -0.3 is 10.1 Å². The van der Waals surface area contributed by atoms with Gasteiger partial charge in [-0.15, -0.1) is 0 Å². The Morgan fingerprint density at radius 2 is 2.00 bits per heavy atom. The van der Waals surface area contributed by atoms with Crippen molar-refractivity contribution in [2.75, 3.05) is 0 Å². The number of nitrogens with zero attached hydrogens (tertiary/aromatic N) is 1. The highest BCUT2D eigenvalue weighted by molar-refractivity contribution is 5.95. The molecule has 0 spiro atoms. The molecule has 0 saturated carbocycles. The Balaban J connectivity index is 2.80. The highest BCUT2D eigenvalue weighted by Gasteiger charge is 1.72. The molecule has 19 valence electrons. The van der Waals surface area contributed by atoms with Crippen LogP contribution in [0.2, 0.25) is 0 Å². The molecule has 0 atom stereocenters. The predicted molar refractivity (Wildman–Crippen MR) is 12.7 cm³/mol. The quantitative estimate of drug-likeness (QED) is 0.216. The Hall–Kier alpha value is 0.166. The molecule has 1 radical (unpaired) electrons. The van der Waals surface area contributed by atoms with E-state index in [0.717, 1.165) is 22.0 Å². The van der Waals surface area contributed by atoms with E-state index in [4.69, 9.17) is 10.1 Å². The summed E-state index contributed by atoms with van der Waals surface area (Å²) in [4.78, 5) is 8.82. The van der Waals surface area contributed by atoms with Crippen LogP contribution in [0.4, 0.5) is 0 Å². The average Bonchev–Trinajstić information content (AvgIpc) is 0.811. The molecule has 0 aromatic heterocycles. The molecule has 0 aromatic rings. The molecular weight excluding hydrogens is 70.3 g/mol. The fraction of sp³-hybridized carbons (Fsp3) is 0. The SMILES string of the molecule is O=[N+]([O-])[Mg]. The van der Waals surface area contributed by atoms with E-state index >= 15 is 0 Å². The summed E-state index contributed by atoms with van der Waals surface area (Å²) in [5, 5.41) is 8.82. The van der Waals surface area contributed by atoms with Crippen LogP contribution in [0.15, 0.2) is 0 Å². The van der Waals surface area contributed by atoms with Gasteiger partial charge in [-0.2, -0.15) is 0 Å². The molecule has 4 heteroatoms. The second-order valence-electron chi connectivity index (χ2n) is 0.333. The first-order valence-electron chi connectivity index (χ1n) is 0.681. The Kier molecular flexibility index (Phi) is 1.54. The van der Waals surface area contributed by atoms with Gasteiger partial charge >= 0.3 is 22.0 Å². The van der Waals surface area contributed by atoms with Gasteiger partial charge in [-0.3, -0.25) is 0 Å². The molecule has 0 aliphatic carbocycles. The third kappa shape index (κ3) is 107. The lowest BCUT2D eigenvalue weighted by molar-refractivity contribution is -0.312. The summed E-state index contributed by atoms with van der Waals surface area (Å²) in [5.41, 5.74) is 0. The molecule has 0 bridgehead atoms. The van der Waals surface area contributed by atoms with Crippen LogP contribution in [0.1, 0.15) is 0 Å². The lowest BCUT2D eigenvalue weighted by Crippen LogP contribution is -1.83. The van der Waals surface area contributed by atoms with Crippen LogP contribution < -0.4 is 0 Å². The van der Waals surface area contributed by atoms with Crippen molar-refractivity contribution >= 4 is 22.0 Å².